The molecule has 1 heterocycles. The van der Waals surface area contributed by atoms with Gasteiger partial charge in [-0.15, -0.1) is 0 Å². The summed E-state index contributed by atoms with van der Waals surface area (Å²) in [6, 6.07) is 11.4. The molecule has 0 radical (unpaired) electrons. The minimum absolute atomic E-state index is 0.313. The van der Waals surface area contributed by atoms with Crippen LogP contribution in [0.2, 0.25) is 10.2 Å². The molecule has 3 aromatic rings. The Bertz CT molecular complexity index is 774. The molecule has 2 nitrogen and oxygen atoms in total. The van der Waals surface area contributed by atoms with Crippen LogP contribution in [0.15, 0.2) is 42.5 Å². The van der Waals surface area contributed by atoms with E-state index in [9.17, 15) is 4.39 Å². The third kappa shape index (κ3) is 2.27. The summed E-state index contributed by atoms with van der Waals surface area (Å²) in [5.74, 6) is -0.0829. The van der Waals surface area contributed by atoms with Crippen LogP contribution in [0.1, 0.15) is 0 Å². The number of fused-ring (bicyclic) bond motifs is 1. The molecule has 0 N–H and O–H groups in total. The van der Waals surface area contributed by atoms with Gasteiger partial charge >= 0.3 is 0 Å². The van der Waals surface area contributed by atoms with Crippen molar-refractivity contribution in [1.82, 2.24) is 9.97 Å². The third-order valence-corrected chi connectivity index (χ3v) is 3.34. The Morgan fingerprint density at radius 3 is 2.58 bits per heavy atom. The predicted molar refractivity (Wildman–Crippen MR) is 75.0 cm³/mol. The van der Waals surface area contributed by atoms with E-state index in [4.69, 9.17) is 23.2 Å². The van der Waals surface area contributed by atoms with E-state index in [1.54, 1.807) is 0 Å². The number of hydrogen-bond acceptors (Lipinski definition) is 2. The topological polar surface area (TPSA) is 25.8 Å². The van der Waals surface area contributed by atoms with Gasteiger partial charge < -0.3 is 0 Å². The van der Waals surface area contributed by atoms with Gasteiger partial charge in [0.2, 0.25) is 0 Å². The molecule has 0 unspecified atom stereocenters. The second-order valence-corrected chi connectivity index (χ2v) is 4.74. The molecule has 2 aromatic carbocycles. The lowest BCUT2D eigenvalue weighted by Gasteiger charge is -2.06. The molecular formula is C14H7Cl2FN2. The van der Waals surface area contributed by atoms with Gasteiger partial charge in [-0.25, -0.2) is 14.4 Å². The first-order chi connectivity index (χ1) is 9.15. The zero-order valence-corrected chi connectivity index (χ0v) is 11.1. The average Bonchev–Trinajstić information content (AvgIpc) is 2.41. The second kappa shape index (κ2) is 4.76. The molecule has 0 saturated heterocycles. The highest BCUT2D eigenvalue weighted by molar-refractivity contribution is 6.34. The molecule has 3 rings (SSSR count). The SMILES string of the molecule is Fc1ccc(Cl)c(-c2nc(Cl)c3ccccc3n2)c1. The van der Waals surface area contributed by atoms with Crippen molar-refractivity contribution in [3.05, 3.63) is 58.5 Å². The van der Waals surface area contributed by atoms with E-state index in [1.807, 2.05) is 24.3 Å². The van der Waals surface area contributed by atoms with E-state index in [1.165, 1.54) is 18.2 Å². The summed E-state index contributed by atoms with van der Waals surface area (Å²) in [4.78, 5) is 8.54. The molecule has 0 atom stereocenters. The lowest BCUT2D eigenvalue weighted by Crippen LogP contribution is -1.93. The number of halogens is 3. The molecule has 19 heavy (non-hydrogen) atoms. The number of nitrogens with zero attached hydrogens (tertiary/aromatic N) is 2. The Morgan fingerprint density at radius 2 is 1.74 bits per heavy atom. The molecule has 0 amide bonds. The van der Waals surface area contributed by atoms with Gasteiger partial charge in [0, 0.05) is 10.9 Å². The fraction of sp³-hybridized carbons (Fsp3) is 0. The maximum atomic E-state index is 13.3. The van der Waals surface area contributed by atoms with E-state index in [-0.39, 0.29) is 0 Å². The van der Waals surface area contributed by atoms with Crippen LogP contribution in [0, 0.1) is 5.82 Å². The van der Waals surface area contributed by atoms with Crippen molar-refractivity contribution in [3.63, 3.8) is 0 Å². The highest BCUT2D eigenvalue weighted by Gasteiger charge is 2.11. The van der Waals surface area contributed by atoms with Crippen LogP contribution in [-0.4, -0.2) is 9.97 Å². The first-order valence-electron chi connectivity index (χ1n) is 5.53. The van der Waals surface area contributed by atoms with Gasteiger partial charge in [-0.05, 0) is 30.3 Å². The molecule has 0 aliphatic heterocycles. The molecule has 1 aromatic heterocycles. The standard InChI is InChI=1S/C14H7Cl2FN2/c15-11-6-5-8(17)7-10(11)14-18-12-4-2-1-3-9(12)13(16)19-14/h1-7H. The first kappa shape index (κ1) is 12.3. The fourth-order valence-electron chi connectivity index (χ4n) is 1.83. The van der Waals surface area contributed by atoms with E-state index in [0.29, 0.717) is 27.1 Å². The lowest BCUT2D eigenvalue weighted by molar-refractivity contribution is 0.628. The van der Waals surface area contributed by atoms with Gasteiger partial charge in [0.1, 0.15) is 11.0 Å². The molecule has 94 valence electrons. The van der Waals surface area contributed by atoms with Crippen LogP contribution in [0.4, 0.5) is 4.39 Å². The summed E-state index contributed by atoms with van der Waals surface area (Å²) in [5, 5.41) is 1.45. The minimum atomic E-state index is -0.396. The van der Waals surface area contributed by atoms with Crippen LogP contribution in [0.3, 0.4) is 0 Å². The lowest BCUT2D eigenvalue weighted by atomic mass is 10.2. The largest absolute Gasteiger partial charge is 0.228 e. The van der Waals surface area contributed by atoms with E-state index in [2.05, 4.69) is 9.97 Å². The van der Waals surface area contributed by atoms with Gasteiger partial charge in [0.05, 0.1) is 10.5 Å². The first-order valence-corrected chi connectivity index (χ1v) is 6.28. The van der Waals surface area contributed by atoms with Crippen LogP contribution < -0.4 is 0 Å². The van der Waals surface area contributed by atoms with Crippen LogP contribution in [-0.2, 0) is 0 Å². The molecule has 0 bridgehead atoms. The number of para-hydroxylation sites is 1. The van der Waals surface area contributed by atoms with Crippen molar-refractivity contribution in [2.75, 3.05) is 0 Å². The Labute approximate surface area is 118 Å². The summed E-state index contributed by atoms with van der Waals surface area (Å²) in [6.45, 7) is 0. The number of rotatable bonds is 1. The number of benzene rings is 2. The van der Waals surface area contributed by atoms with E-state index in [0.717, 1.165) is 5.39 Å². The normalized spacial score (nSPS) is 10.9. The van der Waals surface area contributed by atoms with Gasteiger partial charge in [0.25, 0.3) is 0 Å². The number of hydrogen-bond donors (Lipinski definition) is 0. The van der Waals surface area contributed by atoms with Crippen LogP contribution in [0.5, 0.6) is 0 Å². The van der Waals surface area contributed by atoms with Gasteiger partial charge in [-0.1, -0.05) is 35.3 Å². The van der Waals surface area contributed by atoms with Crippen molar-refractivity contribution in [3.8, 4) is 11.4 Å². The highest BCUT2D eigenvalue weighted by Crippen LogP contribution is 2.29. The summed E-state index contributed by atoms with van der Waals surface area (Å²) >= 11 is 12.2. The van der Waals surface area contributed by atoms with Crippen LogP contribution >= 0.6 is 23.2 Å². The van der Waals surface area contributed by atoms with Crippen molar-refractivity contribution < 1.29 is 4.39 Å². The van der Waals surface area contributed by atoms with Gasteiger partial charge in [-0.2, -0.15) is 0 Å². The second-order valence-electron chi connectivity index (χ2n) is 3.98. The summed E-state index contributed by atoms with van der Waals surface area (Å²) < 4.78 is 13.3. The summed E-state index contributed by atoms with van der Waals surface area (Å²) in [7, 11) is 0. The summed E-state index contributed by atoms with van der Waals surface area (Å²) in [6.07, 6.45) is 0. The predicted octanol–water partition coefficient (Wildman–Crippen LogP) is 4.74. The number of aromatic nitrogens is 2. The zero-order valence-electron chi connectivity index (χ0n) is 9.57. The van der Waals surface area contributed by atoms with Crippen LogP contribution in [0.25, 0.3) is 22.3 Å². The van der Waals surface area contributed by atoms with Gasteiger partial charge in [0.15, 0.2) is 5.82 Å². The smallest absolute Gasteiger partial charge is 0.163 e. The molecule has 0 aliphatic carbocycles. The monoisotopic (exact) mass is 292 g/mol. The maximum Gasteiger partial charge on any atom is 0.163 e. The van der Waals surface area contributed by atoms with E-state index < -0.39 is 5.82 Å². The molecule has 5 heteroatoms. The molecular weight excluding hydrogens is 286 g/mol. The summed E-state index contributed by atoms with van der Waals surface area (Å²) in [5.41, 5.74) is 1.12. The average molecular weight is 293 g/mol. The Hall–Kier alpha value is -1.71. The molecule has 0 saturated carbocycles. The molecule has 0 spiro atoms. The Balaban J connectivity index is 2.28. The maximum absolute atomic E-state index is 13.3. The Morgan fingerprint density at radius 1 is 0.947 bits per heavy atom. The van der Waals surface area contributed by atoms with Crippen molar-refractivity contribution in [2.24, 2.45) is 0 Å². The quantitative estimate of drug-likeness (QED) is 0.605. The molecule has 0 fully saturated rings. The third-order valence-electron chi connectivity index (χ3n) is 2.73. The van der Waals surface area contributed by atoms with E-state index >= 15 is 0 Å². The Kier molecular flexibility index (Phi) is 3.09. The fourth-order valence-corrected chi connectivity index (χ4v) is 2.27. The molecule has 0 aliphatic rings. The van der Waals surface area contributed by atoms with Gasteiger partial charge in [-0.3, -0.25) is 0 Å². The van der Waals surface area contributed by atoms with Crippen molar-refractivity contribution >= 4 is 34.1 Å². The van der Waals surface area contributed by atoms with Crippen molar-refractivity contribution in [2.45, 2.75) is 0 Å². The highest BCUT2D eigenvalue weighted by atomic mass is 35.5. The zero-order chi connectivity index (χ0) is 13.4. The van der Waals surface area contributed by atoms with Crippen molar-refractivity contribution in [1.29, 1.82) is 0 Å². The minimum Gasteiger partial charge on any atom is -0.228 e.